The van der Waals surface area contributed by atoms with Crippen molar-refractivity contribution < 1.29 is 28.0 Å². The number of nitro groups is 1. The summed E-state index contributed by atoms with van der Waals surface area (Å²) in [7, 11) is 0. The Morgan fingerprint density at radius 3 is 2.46 bits per heavy atom. The fourth-order valence-corrected chi connectivity index (χ4v) is 3.19. The van der Waals surface area contributed by atoms with E-state index in [-0.39, 0.29) is 12.1 Å². The molecule has 1 aromatic heterocycles. The Balaban J connectivity index is 2.74. The summed E-state index contributed by atoms with van der Waals surface area (Å²) >= 11 is 0. The van der Waals surface area contributed by atoms with Crippen LogP contribution in [0.2, 0.25) is 0 Å². The van der Waals surface area contributed by atoms with E-state index in [2.05, 4.69) is 0 Å². The zero-order valence-electron chi connectivity index (χ0n) is 12.1. The molecule has 0 saturated carbocycles. The molecule has 0 amide bonds. The monoisotopic (exact) mass is 342 g/mol. The maximum atomic E-state index is 14.3. The highest BCUT2D eigenvalue weighted by Gasteiger charge is 2.37. The number of carboxylic acids is 1. The van der Waals surface area contributed by atoms with E-state index in [1.807, 2.05) is 0 Å². The summed E-state index contributed by atoms with van der Waals surface area (Å²) in [4.78, 5) is 33.6. The molecule has 126 valence electrons. The van der Waals surface area contributed by atoms with Gasteiger partial charge < -0.3 is 9.67 Å². The standard InChI is InChI=1S/C14H9F3N2O5/c1-4-2-3-5-6(14(21)22)13(20)7-11(18(4)5)9(16)8(15)10(17)12(7)19(23)24/h4H,2-3H2,1H3,(H,21,22). The Morgan fingerprint density at radius 2 is 1.92 bits per heavy atom. The highest BCUT2D eigenvalue weighted by molar-refractivity contribution is 5.98. The third-order valence-corrected chi connectivity index (χ3v) is 4.19. The largest absolute Gasteiger partial charge is 0.477 e. The summed E-state index contributed by atoms with van der Waals surface area (Å²) in [6.07, 6.45) is 0.422. The van der Waals surface area contributed by atoms with E-state index in [1.54, 1.807) is 6.92 Å². The van der Waals surface area contributed by atoms with Gasteiger partial charge in [-0.25, -0.2) is 13.6 Å². The first kappa shape index (κ1) is 16.0. The maximum Gasteiger partial charge on any atom is 0.341 e. The Labute approximate surface area is 131 Å². The number of hydrogen-bond donors (Lipinski definition) is 1. The minimum absolute atomic E-state index is 0.0632. The zero-order valence-corrected chi connectivity index (χ0v) is 12.1. The highest BCUT2D eigenvalue weighted by Crippen LogP contribution is 2.37. The molecule has 1 aromatic carbocycles. The molecule has 0 saturated heterocycles. The van der Waals surface area contributed by atoms with Crippen LogP contribution in [0.3, 0.4) is 0 Å². The first-order valence-corrected chi connectivity index (χ1v) is 6.83. The van der Waals surface area contributed by atoms with Gasteiger partial charge in [-0.1, -0.05) is 0 Å². The van der Waals surface area contributed by atoms with E-state index in [0.717, 1.165) is 4.57 Å². The van der Waals surface area contributed by atoms with Crippen molar-refractivity contribution in [2.75, 3.05) is 0 Å². The Kier molecular flexibility index (Phi) is 3.36. The van der Waals surface area contributed by atoms with E-state index >= 15 is 0 Å². The van der Waals surface area contributed by atoms with Gasteiger partial charge in [0.25, 0.3) is 0 Å². The molecule has 1 aliphatic heterocycles. The predicted molar refractivity (Wildman–Crippen MR) is 74.7 cm³/mol. The molecule has 0 bridgehead atoms. The zero-order chi connectivity index (χ0) is 17.9. The van der Waals surface area contributed by atoms with Crippen molar-refractivity contribution in [2.24, 2.45) is 0 Å². The van der Waals surface area contributed by atoms with Crippen LogP contribution in [0.25, 0.3) is 10.9 Å². The third-order valence-electron chi connectivity index (χ3n) is 4.19. The van der Waals surface area contributed by atoms with Gasteiger partial charge in [0, 0.05) is 11.7 Å². The van der Waals surface area contributed by atoms with Gasteiger partial charge in [0.15, 0.2) is 5.82 Å². The van der Waals surface area contributed by atoms with Crippen LogP contribution < -0.4 is 5.43 Å². The number of nitrogens with zero attached hydrogens (tertiary/aromatic N) is 2. The molecule has 3 rings (SSSR count). The number of carbonyl (C=O) groups is 1. The van der Waals surface area contributed by atoms with Crippen molar-refractivity contribution in [2.45, 2.75) is 25.8 Å². The van der Waals surface area contributed by atoms with E-state index in [0.29, 0.717) is 6.42 Å². The molecule has 24 heavy (non-hydrogen) atoms. The molecular weight excluding hydrogens is 333 g/mol. The lowest BCUT2D eigenvalue weighted by Gasteiger charge is -2.17. The molecule has 1 unspecified atom stereocenters. The Bertz CT molecular complexity index is 999. The number of halogens is 3. The number of aromatic nitrogens is 1. The number of aromatic carboxylic acids is 1. The number of nitro benzene ring substituents is 1. The van der Waals surface area contributed by atoms with Gasteiger partial charge in [0.2, 0.25) is 17.1 Å². The van der Waals surface area contributed by atoms with Gasteiger partial charge in [0.05, 0.1) is 10.4 Å². The van der Waals surface area contributed by atoms with E-state index in [1.165, 1.54) is 0 Å². The first-order chi connectivity index (χ1) is 11.2. The summed E-state index contributed by atoms with van der Waals surface area (Å²) in [5, 5.41) is 19.3. The van der Waals surface area contributed by atoms with Crippen molar-refractivity contribution in [1.29, 1.82) is 0 Å². The number of benzene rings is 1. The molecule has 2 aromatic rings. The molecule has 1 atom stereocenters. The lowest BCUT2D eigenvalue weighted by molar-refractivity contribution is -0.386. The van der Waals surface area contributed by atoms with Crippen LogP contribution in [0, 0.1) is 27.6 Å². The minimum Gasteiger partial charge on any atom is -0.477 e. The molecule has 0 aliphatic carbocycles. The van der Waals surface area contributed by atoms with Crippen LogP contribution >= 0.6 is 0 Å². The van der Waals surface area contributed by atoms with Gasteiger partial charge in [0.1, 0.15) is 10.9 Å². The molecule has 0 spiro atoms. The van der Waals surface area contributed by atoms with E-state index in [4.69, 9.17) is 0 Å². The quantitative estimate of drug-likeness (QED) is 0.513. The van der Waals surface area contributed by atoms with Crippen LogP contribution in [0.4, 0.5) is 18.9 Å². The number of rotatable bonds is 2. The van der Waals surface area contributed by atoms with Crippen molar-refractivity contribution in [3.63, 3.8) is 0 Å². The summed E-state index contributed by atoms with van der Waals surface area (Å²) in [6.45, 7) is 1.55. The topological polar surface area (TPSA) is 102 Å². The Hall–Kier alpha value is -2.91. The molecule has 1 aliphatic rings. The summed E-state index contributed by atoms with van der Waals surface area (Å²) in [6, 6.07) is -0.542. The van der Waals surface area contributed by atoms with Crippen LogP contribution in [0.15, 0.2) is 4.79 Å². The fourth-order valence-electron chi connectivity index (χ4n) is 3.19. The van der Waals surface area contributed by atoms with Gasteiger partial charge in [-0.3, -0.25) is 14.9 Å². The van der Waals surface area contributed by atoms with Crippen molar-refractivity contribution in [3.8, 4) is 0 Å². The van der Waals surface area contributed by atoms with Crippen molar-refractivity contribution >= 4 is 22.6 Å². The molecular formula is C14H9F3N2O5. The van der Waals surface area contributed by atoms with Crippen LogP contribution in [-0.2, 0) is 6.42 Å². The average molecular weight is 342 g/mol. The SMILES string of the molecule is CC1CCc2c(C(=O)O)c(=O)c3c([N+](=O)[O-])c(F)c(F)c(F)c3n21. The fraction of sp³-hybridized carbons (Fsp3) is 0.286. The van der Waals surface area contributed by atoms with Gasteiger partial charge in [-0.2, -0.15) is 4.39 Å². The third kappa shape index (κ3) is 1.85. The molecule has 0 radical (unpaired) electrons. The summed E-state index contributed by atoms with van der Waals surface area (Å²) < 4.78 is 43.0. The minimum atomic E-state index is -2.13. The molecule has 7 nitrogen and oxygen atoms in total. The second-order valence-corrected chi connectivity index (χ2v) is 5.48. The van der Waals surface area contributed by atoms with Gasteiger partial charge >= 0.3 is 11.7 Å². The molecule has 0 fully saturated rings. The second-order valence-electron chi connectivity index (χ2n) is 5.48. The smallest absolute Gasteiger partial charge is 0.341 e. The lowest BCUT2D eigenvalue weighted by atomic mass is 10.0. The normalized spacial score (nSPS) is 16.4. The number of pyridine rings is 1. The number of hydrogen-bond acceptors (Lipinski definition) is 4. The number of fused-ring (bicyclic) bond motifs is 3. The summed E-state index contributed by atoms with van der Waals surface area (Å²) in [5.41, 5.74) is -4.60. The van der Waals surface area contributed by atoms with E-state index < -0.39 is 62.0 Å². The Morgan fingerprint density at radius 1 is 1.29 bits per heavy atom. The number of carboxylic acid groups (broad SMARTS) is 1. The highest BCUT2D eigenvalue weighted by atomic mass is 19.2. The van der Waals surface area contributed by atoms with Crippen molar-refractivity contribution in [1.82, 2.24) is 4.57 Å². The first-order valence-electron chi connectivity index (χ1n) is 6.83. The van der Waals surface area contributed by atoms with Crippen LogP contribution in [0.1, 0.15) is 35.4 Å². The van der Waals surface area contributed by atoms with E-state index in [9.17, 15) is 38.0 Å². The molecule has 10 heteroatoms. The maximum absolute atomic E-state index is 14.3. The van der Waals surface area contributed by atoms with Crippen molar-refractivity contribution in [3.05, 3.63) is 49.0 Å². The molecule has 2 heterocycles. The van der Waals surface area contributed by atoms with Gasteiger partial charge in [-0.15, -0.1) is 0 Å². The van der Waals surface area contributed by atoms with Crippen LogP contribution in [0.5, 0.6) is 0 Å². The molecule has 1 N–H and O–H groups in total. The van der Waals surface area contributed by atoms with Gasteiger partial charge in [-0.05, 0) is 19.8 Å². The lowest BCUT2D eigenvalue weighted by Crippen LogP contribution is -2.24. The predicted octanol–water partition coefficient (Wildman–Crippen LogP) is 2.53. The second kappa shape index (κ2) is 5.05. The average Bonchev–Trinajstić information content (AvgIpc) is 2.86. The van der Waals surface area contributed by atoms with Crippen LogP contribution in [-0.4, -0.2) is 20.6 Å². The summed E-state index contributed by atoms with van der Waals surface area (Å²) in [5.74, 6) is -7.63.